The van der Waals surface area contributed by atoms with Crippen molar-refractivity contribution in [2.75, 3.05) is 40.0 Å². The minimum Gasteiger partial charge on any atom is -0.496 e. The maximum Gasteiger partial charge on any atom is 0.573 e. The van der Waals surface area contributed by atoms with E-state index in [0.717, 1.165) is 13.1 Å². The minimum atomic E-state index is -4.77. The van der Waals surface area contributed by atoms with Crippen LogP contribution in [-0.2, 0) is 0 Å². The third-order valence-corrected chi connectivity index (χ3v) is 3.77. The first-order valence-corrected chi connectivity index (χ1v) is 7.39. The Labute approximate surface area is 132 Å². The molecule has 8 heteroatoms. The second-order valence-corrected chi connectivity index (χ2v) is 5.23. The van der Waals surface area contributed by atoms with Crippen LogP contribution in [0.4, 0.5) is 17.6 Å². The first kappa shape index (κ1) is 17.8. The lowest BCUT2D eigenvalue weighted by Gasteiger charge is -2.35. The van der Waals surface area contributed by atoms with E-state index in [0.29, 0.717) is 24.4 Å². The monoisotopic (exact) mass is 336 g/mol. The molecule has 1 aromatic rings. The molecule has 0 saturated carbocycles. The van der Waals surface area contributed by atoms with Crippen LogP contribution in [0.3, 0.4) is 0 Å². The van der Waals surface area contributed by atoms with Gasteiger partial charge in [0.15, 0.2) is 0 Å². The Hall–Kier alpha value is -1.54. The van der Waals surface area contributed by atoms with Crippen molar-refractivity contribution in [1.82, 2.24) is 10.2 Å². The summed E-state index contributed by atoms with van der Waals surface area (Å²) in [5.41, 5.74) is 0.508. The molecule has 0 radical (unpaired) electrons. The van der Waals surface area contributed by atoms with E-state index >= 15 is 0 Å². The fourth-order valence-corrected chi connectivity index (χ4v) is 2.80. The normalized spacial score (nSPS) is 17.8. The Morgan fingerprint density at radius 1 is 1.26 bits per heavy atom. The largest absolute Gasteiger partial charge is 0.573 e. The third kappa shape index (κ3) is 4.97. The van der Waals surface area contributed by atoms with Gasteiger partial charge in [-0.3, -0.25) is 9.29 Å². The number of ether oxygens (including phenoxy) is 2. The molecule has 1 aromatic carbocycles. The number of methoxy groups -OCH3 is 1. The molecule has 1 N–H and O–H groups in total. The summed E-state index contributed by atoms with van der Waals surface area (Å²) in [6, 6.07) is 3.55. The number of rotatable bonds is 6. The number of benzene rings is 1. The predicted molar refractivity (Wildman–Crippen MR) is 77.5 cm³/mol. The number of hydrogen-bond acceptors (Lipinski definition) is 4. The Kier molecular flexibility index (Phi) is 6.06. The highest BCUT2D eigenvalue weighted by Gasteiger charge is 2.32. The molecule has 0 spiro atoms. The standard InChI is InChI=1S/C15H20F4N2O2/c1-22-14-3-2-11(23-15(17,18)19)10-12(14)13(4-5-16)21-8-6-20-7-9-21/h2-3,10,13,20H,4-9H2,1H3/t13-/m1/s1. The zero-order valence-electron chi connectivity index (χ0n) is 12.8. The van der Waals surface area contributed by atoms with Crippen molar-refractivity contribution in [1.29, 1.82) is 0 Å². The van der Waals surface area contributed by atoms with Crippen LogP contribution >= 0.6 is 0 Å². The number of hydrogen-bond donors (Lipinski definition) is 1. The van der Waals surface area contributed by atoms with E-state index in [1.165, 1.54) is 25.3 Å². The smallest absolute Gasteiger partial charge is 0.496 e. The summed E-state index contributed by atoms with van der Waals surface area (Å²) in [5.74, 6) is 0.101. The summed E-state index contributed by atoms with van der Waals surface area (Å²) in [6.07, 6.45) is -4.58. The summed E-state index contributed by atoms with van der Waals surface area (Å²) in [6.45, 7) is 2.33. The number of halogens is 4. The van der Waals surface area contributed by atoms with Crippen molar-refractivity contribution in [3.05, 3.63) is 23.8 Å². The number of piperazine rings is 1. The van der Waals surface area contributed by atoms with Gasteiger partial charge < -0.3 is 14.8 Å². The average Bonchev–Trinajstić information content (AvgIpc) is 2.52. The van der Waals surface area contributed by atoms with E-state index in [-0.39, 0.29) is 18.2 Å². The molecule has 1 aliphatic heterocycles. The maximum absolute atomic E-state index is 13.0. The van der Waals surface area contributed by atoms with Gasteiger partial charge in [-0.15, -0.1) is 13.2 Å². The Morgan fingerprint density at radius 3 is 2.52 bits per heavy atom. The second-order valence-electron chi connectivity index (χ2n) is 5.23. The van der Waals surface area contributed by atoms with Gasteiger partial charge in [-0.25, -0.2) is 0 Å². The fraction of sp³-hybridized carbons (Fsp3) is 0.600. The quantitative estimate of drug-likeness (QED) is 0.810. The van der Waals surface area contributed by atoms with Gasteiger partial charge in [0, 0.05) is 37.8 Å². The van der Waals surface area contributed by atoms with Gasteiger partial charge in [-0.2, -0.15) is 0 Å². The van der Waals surface area contributed by atoms with Crippen LogP contribution in [0, 0.1) is 0 Å². The van der Waals surface area contributed by atoms with Crippen LogP contribution in [0.5, 0.6) is 11.5 Å². The molecule has 1 saturated heterocycles. The second kappa shape index (κ2) is 7.83. The van der Waals surface area contributed by atoms with E-state index in [1.54, 1.807) is 0 Å². The highest BCUT2D eigenvalue weighted by atomic mass is 19.4. The highest BCUT2D eigenvalue weighted by Crippen LogP contribution is 2.36. The van der Waals surface area contributed by atoms with Crippen molar-refractivity contribution in [3.63, 3.8) is 0 Å². The molecular weight excluding hydrogens is 316 g/mol. The van der Waals surface area contributed by atoms with Crippen molar-refractivity contribution in [2.45, 2.75) is 18.8 Å². The zero-order chi connectivity index (χ0) is 16.9. The summed E-state index contributed by atoms with van der Waals surface area (Å²) in [7, 11) is 1.44. The van der Waals surface area contributed by atoms with Gasteiger partial charge in [-0.05, 0) is 24.6 Å². The van der Waals surface area contributed by atoms with Crippen LogP contribution in [0.15, 0.2) is 18.2 Å². The fourth-order valence-electron chi connectivity index (χ4n) is 2.80. The zero-order valence-corrected chi connectivity index (χ0v) is 12.8. The van der Waals surface area contributed by atoms with Gasteiger partial charge >= 0.3 is 6.36 Å². The maximum atomic E-state index is 13.0. The third-order valence-electron chi connectivity index (χ3n) is 3.77. The molecule has 130 valence electrons. The summed E-state index contributed by atoms with van der Waals surface area (Å²) < 4.78 is 59.5. The van der Waals surface area contributed by atoms with E-state index < -0.39 is 13.0 Å². The molecular formula is C15H20F4N2O2. The Bertz CT molecular complexity index is 505. The topological polar surface area (TPSA) is 33.7 Å². The molecule has 23 heavy (non-hydrogen) atoms. The molecule has 0 unspecified atom stereocenters. The van der Waals surface area contributed by atoms with Gasteiger partial charge in [0.1, 0.15) is 11.5 Å². The van der Waals surface area contributed by atoms with Crippen molar-refractivity contribution >= 4 is 0 Å². The molecule has 0 amide bonds. The van der Waals surface area contributed by atoms with Crippen molar-refractivity contribution in [3.8, 4) is 11.5 Å². The van der Waals surface area contributed by atoms with Crippen molar-refractivity contribution < 1.29 is 27.0 Å². The molecule has 1 atom stereocenters. The Morgan fingerprint density at radius 2 is 1.96 bits per heavy atom. The van der Waals surface area contributed by atoms with Crippen LogP contribution in [0.1, 0.15) is 18.0 Å². The summed E-state index contributed by atoms with van der Waals surface area (Å²) in [4.78, 5) is 2.05. The molecule has 4 nitrogen and oxygen atoms in total. The van der Waals surface area contributed by atoms with E-state index in [9.17, 15) is 17.6 Å². The van der Waals surface area contributed by atoms with Crippen LogP contribution in [0.25, 0.3) is 0 Å². The minimum absolute atomic E-state index is 0.186. The lowest BCUT2D eigenvalue weighted by molar-refractivity contribution is -0.274. The van der Waals surface area contributed by atoms with Crippen LogP contribution in [-0.4, -0.2) is 51.2 Å². The lowest BCUT2D eigenvalue weighted by Crippen LogP contribution is -2.45. The van der Waals surface area contributed by atoms with Crippen molar-refractivity contribution in [2.24, 2.45) is 0 Å². The first-order valence-electron chi connectivity index (χ1n) is 7.39. The summed E-state index contributed by atoms with van der Waals surface area (Å²) >= 11 is 0. The van der Waals surface area contributed by atoms with Gasteiger partial charge in [0.2, 0.25) is 0 Å². The van der Waals surface area contributed by atoms with Crippen LogP contribution < -0.4 is 14.8 Å². The molecule has 0 bridgehead atoms. The first-order chi connectivity index (χ1) is 10.9. The molecule has 1 aliphatic rings. The highest BCUT2D eigenvalue weighted by molar-refractivity contribution is 5.42. The SMILES string of the molecule is COc1ccc(OC(F)(F)F)cc1[C@@H](CCF)N1CCNCC1. The van der Waals surface area contributed by atoms with E-state index in [4.69, 9.17) is 4.74 Å². The summed E-state index contributed by atoms with van der Waals surface area (Å²) in [5, 5.41) is 3.19. The average molecular weight is 336 g/mol. The molecule has 1 heterocycles. The van der Waals surface area contributed by atoms with Gasteiger partial charge in [-0.1, -0.05) is 0 Å². The van der Waals surface area contributed by atoms with Gasteiger partial charge in [0.05, 0.1) is 13.8 Å². The number of nitrogens with zero attached hydrogens (tertiary/aromatic N) is 1. The molecule has 0 aliphatic carbocycles. The molecule has 1 fully saturated rings. The Balaban J connectivity index is 2.32. The van der Waals surface area contributed by atoms with E-state index in [1.807, 2.05) is 4.90 Å². The number of nitrogens with one attached hydrogen (secondary N) is 1. The number of alkyl halides is 4. The predicted octanol–water partition coefficient (Wildman–Crippen LogP) is 2.90. The van der Waals surface area contributed by atoms with E-state index in [2.05, 4.69) is 10.1 Å². The molecule has 0 aromatic heterocycles. The van der Waals surface area contributed by atoms with Gasteiger partial charge in [0.25, 0.3) is 0 Å². The van der Waals surface area contributed by atoms with Crippen LogP contribution in [0.2, 0.25) is 0 Å². The molecule has 2 rings (SSSR count). The lowest BCUT2D eigenvalue weighted by atomic mass is 10.00.